The number of aliphatic hydroxyl groups excluding tert-OH is 1. The van der Waals surface area contributed by atoms with Gasteiger partial charge in [0.1, 0.15) is 12.4 Å². The van der Waals surface area contributed by atoms with E-state index in [1.807, 2.05) is 0 Å². The fraction of sp³-hybridized carbons (Fsp3) is 0.667. The van der Waals surface area contributed by atoms with Crippen LogP contribution >= 0.6 is 0 Å². The standard InChI is InChI=1S/C18H30N2O4S/c1-15(2)7-9-20-10-8-19-16(13-20)14-24-17-3-5-18(6-4-17)25(22,23)12-11-21/h3-6,15-16,19,21H,7-14H2,1-2H3. The van der Waals surface area contributed by atoms with E-state index in [-0.39, 0.29) is 23.3 Å². The van der Waals surface area contributed by atoms with Crippen LogP contribution in [0.2, 0.25) is 0 Å². The summed E-state index contributed by atoms with van der Waals surface area (Å²) in [5.41, 5.74) is 0. The number of benzene rings is 1. The van der Waals surface area contributed by atoms with E-state index in [2.05, 4.69) is 24.1 Å². The minimum Gasteiger partial charge on any atom is -0.492 e. The average molecular weight is 371 g/mol. The van der Waals surface area contributed by atoms with Crippen LogP contribution in [0.5, 0.6) is 5.75 Å². The molecule has 142 valence electrons. The van der Waals surface area contributed by atoms with E-state index in [1.54, 1.807) is 12.1 Å². The smallest absolute Gasteiger partial charge is 0.180 e. The second kappa shape index (κ2) is 9.52. The lowest BCUT2D eigenvalue weighted by Gasteiger charge is -2.33. The molecule has 6 nitrogen and oxygen atoms in total. The van der Waals surface area contributed by atoms with Crippen molar-refractivity contribution >= 4 is 9.84 Å². The Morgan fingerprint density at radius 3 is 2.68 bits per heavy atom. The van der Waals surface area contributed by atoms with Crippen molar-refractivity contribution in [3.63, 3.8) is 0 Å². The Morgan fingerprint density at radius 2 is 2.04 bits per heavy atom. The predicted molar refractivity (Wildman–Crippen MR) is 98.8 cm³/mol. The number of piperazine rings is 1. The fourth-order valence-corrected chi connectivity index (χ4v) is 3.85. The molecule has 0 aliphatic carbocycles. The number of aliphatic hydroxyl groups is 1. The Kier molecular flexibility index (Phi) is 7.68. The lowest BCUT2D eigenvalue weighted by atomic mass is 10.1. The molecule has 1 aromatic carbocycles. The first-order valence-electron chi connectivity index (χ1n) is 8.93. The van der Waals surface area contributed by atoms with Crippen molar-refractivity contribution in [2.45, 2.75) is 31.2 Å². The minimum atomic E-state index is -3.41. The van der Waals surface area contributed by atoms with Crippen molar-refractivity contribution in [3.8, 4) is 5.75 Å². The molecule has 0 spiro atoms. The maximum absolute atomic E-state index is 11.9. The summed E-state index contributed by atoms with van der Waals surface area (Å²) in [7, 11) is -3.41. The van der Waals surface area contributed by atoms with Crippen LogP contribution < -0.4 is 10.1 Å². The SMILES string of the molecule is CC(C)CCN1CCNC(COc2ccc(S(=O)(=O)CCO)cc2)C1. The van der Waals surface area contributed by atoms with Gasteiger partial charge in [-0.05, 0) is 43.1 Å². The molecule has 1 unspecified atom stereocenters. The van der Waals surface area contributed by atoms with Gasteiger partial charge in [0.15, 0.2) is 9.84 Å². The van der Waals surface area contributed by atoms with Crippen molar-refractivity contribution in [2.75, 3.05) is 45.1 Å². The number of hydrogen-bond acceptors (Lipinski definition) is 6. The van der Waals surface area contributed by atoms with Crippen molar-refractivity contribution in [1.82, 2.24) is 10.2 Å². The average Bonchev–Trinajstić information content (AvgIpc) is 2.59. The molecule has 7 heteroatoms. The molecule has 1 aromatic rings. The zero-order valence-corrected chi connectivity index (χ0v) is 16.0. The van der Waals surface area contributed by atoms with Gasteiger partial charge in [-0.3, -0.25) is 0 Å². The fourth-order valence-electron chi connectivity index (χ4n) is 2.83. The third-order valence-corrected chi connectivity index (χ3v) is 6.07. The van der Waals surface area contributed by atoms with E-state index in [0.29, 0.717) is 18.3 Å². The molecule has 1 atom stereocenters. The molecule has 0 aromatic heterocycles. The second-order valence-electron chi connectivity index (χ2n) is 6.96. The number of nitrogens with zero attached hydrogens (tertiary/aromatic N) is 1. The van der Waals surface area contributed by atoms with Crippen molar-refractivity contribution in [1.29, 1.82) is 0 Å². The number of nitrogens with one attached hydrogen (secondary N) is 1. The van der Waals surface area contributed by atoms with Crippen LogP contribution in [0.15, 0.2) is 29.2 Å². The minimum absolute atomic E-state index is 0.213. The van der Waals surface area contributed by atoms with E-state index in [1.165, 1.54) is 18.6 Å². The van der Waals surface area contributed by atoms with Crippen molar-refractivity contribution in [3.05, 3.63) is 24.3 Å². The first-order valence-corrected chi connectivity index (χ1v) is 10.6. The number of sulfone groups is 1. The lowest BCUT2D eigenvalue weighted by Crippen LogP contribution is -2.53. The summed E-state index contributed by atoms with van der Waals surface area (Å²) in [6.07, 6.45) is 1.21. The summed E-state index contributed by atoms with van der Waals surface area (Å²) in [6.45, 7) is 8.79. The van der Waals surface area contributed by atoms with Gasteiger partial charge in [0.25, 0.3) is 0 Å². The lowest BCUT2D eigenvalue weighted by molar-refractivity contribution is 0.153. The maximum Gasteiger partial charge on any atom is 0.180 e. The molecular formula is C18H30N2O4S. The zero-order chi connectivity index (χ0) is 18.3. The van der Waals surface area contributed by atoms with Gasteiger partial charge in [0.2, 0.25) is 0 Å². The maximum atomic E-state index is 11.9. The van der Waals surface area contributed by atoms with Gasteiger partial charge in [-0.2, -0.15) is 0 Å². The molecule has 1 fully saturated rings. The summed E-state index contributed by atoms with van der Waals surface area (Å²) in [5, 5.41) is 12.3. The largest absolute Gasteiger partial charge is 0.492 e. The summed E-state index contributed by atoms with van der Waals surface area (Å²) < 4.78 is 29.6. The molecule has 25 heavy (non-hydrogen) atoms. The summed E-state index contributed by atoms with van der Waals surface area (Å²) in [5.74, 6) is 1.11. The molecular weight excluding hydrogens is 340 g/mol. The first-order chi connectivity index (χ1) is 11.9. The molecule has 1 aliphatic rings. The van der Waals surface area contributed by atoms with E-state index in [9.17, 15) is 8.42 Å². The van der Waals surface area contributed by atoms with Crippen molar-refractivity contribution in [2.24, 2.45) is 5.92 Å². The van der Waals surface area contributed by atoms with Gasteiger partial charge in [0, 0.05) is 19.6 Å². The van der Waals surface area contributed by atoms with Gasteiger partial charge in [-0.1, -0.05) is 13.8 Å². The Hall–Kier alpha value is -1.15. The van der Waals surface area contributed by atoms with E-state index in [0.717, 1.165) is 26.2 Å². The van der Waals surface area contributed by atoms with Crippen LogP contribution in [-0.2, 0) is 9.84 Å². The Morgan fingerprint density at radius 1 is 1.32 bits per heavy atom. The molecule has 0 bridgehead atoms. The Labute approximate surface area is 151 Å². The molecule has 0 radical (unpaired) electrons. The second-order valence-corrected chi connectivity index (χ2v) is 9.07. The molecule has 0 saturated carbocycles. The van der Waals surface area contributed by atoms with Gasteiger partial charge in [-0.25, -0.2) is 8.42 Å². The number of rotatable bonds is 9. The topological polar surface area (TPSA) is 78.9 Å². The third-order valence-electron chi connectivity index (χ3n) is 4.36. The highest BCUT2D eigenvalue weighted by Gasteiger charge is 2.20. The first kappa shape index (κ1) is 20.2. The van der Waals surface area contributed by atoms with Crippen LogP contribution in [-0.4, -0.2) is 69.6 Å². The molecule has 1 heterocycles. The van der Waals surface area contributed by atoms with Crippen LogP contribution in [0, 0.1) is 5.92 Å². The Balaban J connectivity index is 1.82. The van der Waals surface area contributed by atoms with E-state index >= 15 is 0 Å². The summed E-state index contributed by atoms with van der Waals surface area (Å²) in [4.78, 5) is 2.68. The number of ether oxygens (including phenoxy) is 1. The predicted octanol–water partition coefficient (Wildman–Crippen LogP) is 1.15. The highest BCUT2D eigenvalue weighted by molar-refractivity contribution is 7.91. The van der Waals surface area contributed by atoms with Crippen molar-refractivity contribution < 1.29 is 18.3 Å². The van der Waals surface area contributed by atoms with Crippen LogP contribution in [0.25, 0.3) is 0 Å². The van der Waals surface area contributed by atoms with Gasteiger partial charge >= 0.3 is 0 Å². The van der Waals surface area contributed by atoms with E-state index in [4.69, 9.17) is 9.84 Å². The normalized spacial score (nSPS) is 19.3. The van der Waals surface area contributed by atoms with Crippen LogP contribution in [0.4, 0.5) is 0 Å². The summed E-state index contributed by atoms with van der Waals surface area (Å²) in [6, 6.07) is 6.68. The highest BCUT2D eigenvalue weighted by atomic mass is 32.2. The zero-order valence-electron chi connectivity index (χ0n) is 15.1. The highest BCUT2D eigenvalue weighted by Crippen LogP contribution is 2.17. The van der Waals surface area contributed by atoms with Gasteiger partial charge in [0.05, 0.1) is 23.3 Å². The van der Waals surface area contributed by atoms with Crippen LogP contribution in [0.1, 0.15) is 20.3 Å². The third kappa shape index (κ3) is 6.58. The summed E-state index contributed by atoms with van der Waals surface area (Å²) >= 11 is 0. The molecule has 1 saturated heterocycles. The van der Waals surface area contributed by atoms with Gasteiger partial charge in [-0.15, -0.1) is 0 Å². The molecule has 1 aliphatic heterocycles. The molecule has 2 rings (SSSR count). The quantitative estimate of drug-likeness (QED) is 0.679. The Bertz CT molecular complexity index is 616. The molecule has 0 amide bonds. The van der Waals surface area contributed by atoms with E-state index < -0.39 is 9.84 Å². The van der Waals surface area contributed by atoms with Gasteiger partial charge < -0.3 is 20.1 Å². The van der Waals surface area contributed by atoms with Crippen LogP contribution in [0.3, 0.4) is 0 Å². The molecule has 2 N–H and O–H groups in total. The monoisotopic (exact) mass is 370 g/mol. The number of hydrogen-bond donors (Lipinski definition) is 2.